The normalized spacial score (nSPS) is 12.2. The number of nitrogens with zero attached hydrogens (tertiary/aromatic N) is 6. The summed E-state index contributed by atoms with van der Waals surface area (Å²) in [6.45, 7) is 2.41. The van der Waals surface area contributed by atoms with Crippen molar-refractivity contribution in [3.8, 4) is 0 Å². The van der Waals surface area contributed by atoms with Gasteiger partial charge in [-0.3, -0.25) is 0 Å². The van der Waals surface area contributed by atoms with Crippen molar-refractivity contribution in [1.29, 1.82) is 0 Å². The molecule has 0 fully saturated rings. The van der Waals surface area contributed by atoms with Gasteiger partial charge in [0.05, 0.1) is 17.6 Å². The van der Waals surface area contributed by atoms with Crippen LogP contribution in [-0.2, 0) is 19.3 Å². The molecule has 3 rings (SSSR count). The number of para-hydroxylation sites is 2. The first-order valence-electron chi connectivity index (χ1n) is 6.78. The van der Waals surface area contributed by atoms with Crippen LogP contribution in [0.15, 0.2) is 24.3 Å². The molecular formula is C13H13F3N6. The molecule has 22 heavy (non-hydrogen) atoms. The minimum Gasteiger partial charge on any atom is -0.313 e. The zero-order chi connectivity index (χ0) is 15.7. The minimum absolute atomic E-state index is 0.0810. The van der Waals surface area contributed by atoms with Crippen LogP contribution in [0, 0.1) is 0 Å². The van der Waals surface area contributed by atoms with Gasteiger partial charge in [-0.2, -0.15) is 13.2 Å². The maximum absolute atomic E-state index is 13.2. The number of rotatable bonds is 4. The van der Waals surface area contributed by atoms with Gasteiger partial charge in [0, 0.05) is 6.54 Å². The highest BCUT2D eigenvalue weighted by Crippen LogP contribution is 2.31. The van der Waals surface area contributed by atoms with Crippen molar-refractivity contribution in [2.45, 2.75) is 32.6 Å². The Morgan fingerprint density at radius 3 is 2.68 bits per heavy atom. The molecule has 3 aromatic rings. The van der Waals surface area contributed by atoms with Gasteiger partial charge in [0.15, 0.2) is 5.82 Å². The predicted octanol–water partition coefficient (Wildman–Crippen LogP) is 2.50. The van der Waals surface area contributed by atoms with E-state index in [1.807, 2.05) is 6.92 Å². The molecule has 0 N–H and O–H groups in total. The van der Waals surface area contributed by atoms with Gasteiger partial charge in [-0.1, -0.05) is 19.1 Å². The highest BCUT2D eigenvalue weighted by atomic mass is 19.4. The van der Waals surface area contributed by atoms with Crippen LogP contribution in [0.5, 0.6) is 0 Å². The van der Waals surface area contributed by atoms with Crippen LogP contribution < -0.4 is 0 Å². The highest BCUT2D eigenvalue weighted by molar-refractivity contribution is 5.76. The third-order valence-corrected chi connectivity index (χ3v) is 3.25. The molecule has 0 amide bonds. The van der Waals surface area contributed by atoms with Gasteiger partial charge in [-0.25, -0.2) is 9.67 Å². The first kappa shape index (κ1) is 14.5. The Hall–Kier alpha value is -2.45. The molecule has 2 heterocycles. The Morgan fingerprint density at radius 2 is 1.95 bits per heavy atom. The fourth-order valence-electron chi connectivity index (χ4n) is 2.32. The fraction of sp³-hybridized carbons (Fsp3) is 0.385. The van der Waals surface area contributed by atoms with Crippen LogP contribution in [0.4, 0.5) is 13.2 Å². The first-order chi connectivity index (χ1) is 10.5. The highest BCUT2D eigenvalue weighted by Gasteiger charge is 2.37. The van der Waals surface area contributed by atoms with E-state index in [2.05, 4.69) is 20.5 Å². The van der Waals surface area contributed by atoms with E-state index >= 15 is 0 Å². The number of imidazole rings is 1. The molecule has 0 bridgehead atoms. The lowest BCUT2D eigenvalue weighted by molar-refractivity contribution is -0.146. The molecule has 6 nitrogen and oxygen atoms in total. The molecule has 0 aliphatic carbocycles. The van der Waals surface area contributed by atoms with E-state index in [9.17, 15) is 13.2 Å². The number of hydrogen-bond acceptors (Lipinski definition) is 4. The summed E-state index contributed by atoms with van der Waals surface area (Å²) in [6.07, 6.45) is -3.75. The van der Waals surface area contributed by atoms with Gasteiger partial charge in [0.25, 0.3) is 0 Å². The van der Waals surface area contributed by atoms with Crippen LogP contribution in [0.2, 0.25) is 0 Å². The second-order valence-corrected chi connectivity index (χ2v) is 4.83. The molecule has 0 spiro atoms. The number of benzene rings is 1. The van der Waals surface area contributed by atoms with Crippen molar-refractivity contribution >= 4 is 11.0 Å². The third-order valence-electron chi connectivity index (χ3n) is 3.25. The molecule has 116 valence electrons. The van der Waals surface area contributed by atoms with Gasteiger partial charge in [0.1, 0.15) is 0 Å². The predicted molar refractivity (Wildman–Crippen MR) is 71.9 cm³/mol. The summed E-state index contributed by atoms with van der Waals surface area (Å²) in [6, 6.07) is 6.48. The summed E-state index contributed by atoms with van der Waals surface area (Å²) in [5, 5.41) is 11.2. The van der Waals surface area contributed by atoms with Gasteiger partial charge < -0.3 is 4.57 Å². The molecule has 1 aromatic carbocycles. The van der Waals surface area contributed by atoms with Crippen LogP contribution in [0.1, 0.15) is 25.0 Å². The zero-order valence-electron chi connectivity index (χ0n) is 11.7. The molecule has 0 atom stereocenters. The monoisotopic (exact) mass is 310 g/mol. The van der Waals surface area contributed by atoms with Crippen molar-refractivity contribution in [2.75, 3.05) is 0 Å². The average molecular weight is 310 g/mol. The Morgan fingerprint density at radius 1 is 1.18 bits per heavy atom. The van der Waals surface area contributed by atoms with Crippen LogP contribution >= 0.6 is 0 Å². The van der Waals surface area contributed by atoms with Crippen LogP contribution in [0.3, 0.4) is 0 Å². The number of fused-ring (bicyclic) bond motifs is 1. The van der Waals surface area contributed by atoms with E-state index in [0.29, 0.717) is 23.4 Å². The van der Waals surface area contributed by atoms with Crippen LogP contribution in [-0.4, -0.2) is 29.8 Å². The van der Waals surface area contributed by atoms with Crippen molar-refractivity contribution in [2.24, 2.45) is 0 Å². The Bertz CT molecular complexity index is 789. The largest absolute Gasteiger partial charge is 0.449 e. The fourth-order valence-corrected chi connectivity index (χ4v) is 2.32. The zero-order valence-corrected chi connectivity index (χ0v) is 11.7. The first-order valence-corrected chi connectivity index (χ1v) is 6.78. The summed E-state index contributed by atoms with van der Waals surface area (Å²) in [5.74, 6) is -0.574. The van der Waals surface area contributed by atoms with E-state index in [-0.39, 0.29) is 6.54 Å². The maximum atomic E-state index is 13.2. The molecule has 0 aliphatic rings. The van der Waals surface area contributed by atoms with Gasteiger partial charge in [0.2, 0.25) is 5.82 Å². The summed E-state index contributed by atoms with van der Waals surface area (Å²) in [7, 11) is 0. The average Bonchev–Trinajstić information content (AvgIpc) is 3.05. The van der Waals surface area contributed by atoms with E-state index < -0.39 is 12.0 Å². The Kier molecular flexibility index (Phi) is 3.55. The Balaban J connectivity index is 2.10. The van der Waals surface area contributed by atoms with E-state index in [0.717, 1.165) is 11.0 Å². The molecule has 0 saturated carbocycles. The number of halogens is 3. The lowest BCUT2D eigenvalue weighted by atomic mass is 10.3. The molecule has 0 aliphatic heterocycles. The van der Waals surface area contributed by atoms with Crippen molar-refractivity contribution in [1.82, 2.24) is 29.8 Å². The minimum atomic E-state index is -4.54. The molecule has 0 saturated heterocycles. The van der Waals surface area contributed by atoms with E-state index in [4.69, 9.17) is 0 Å². The SMILES string of the molecule is CCCn1nnnc1Cn1c(C(F)(F)F)nc2ccccc21. The van der Waals surface area contributed by atoms with Crippen LogP contribution in [0.25, 0.3) is 11.0 Å². The lowest BCUT2D eigenvalue weighted by Gasteiger charge is -2.11. The summed E-state index contributed by atoms with van der Waals surface area (Å²) >= 11 is 0. The molecule has 9 heteroatoms. The van der Waals surface area contributed by atoms with Crippen molar-refractivity contribution in [3.63, 3.8) is 0 Å². The quantitative estimate of drug-likeness (QED) is 0.743. The second kappa shape index (κ2) is 5.39. The third kappa shape index (κ3) is 2.53. The number of tetrazole rings is 1. The molecular weight excluding hydrogens is 297 g/mol. The standard InChI is InChI=1S/C13H13F3N6/c1-2-7-22-11(18-19-20-22)8-21-10-6-4-3-5-9(10)17-12(21)13(14,15)16/h3-6H,2,7-8H2,1H3. The number of aromatic nitrogens is 6. The number of alkyl halides is 3. The molecule has 2 aromatic heterocycles. The number of hydrogen-bond donors (Lipinski definition) is 0. The lowest BCUT2D eigenvalue weighted by Crippen LogP contribution is -2.18. The smallest absolute Gasteiger partial charge is 0.313 e. The summed E-state index contributed by atoms with van der Waals surface area (Å²) in [4.78, 5) is 3.70. The molecule has 0 radical (unpaired) electrons. The Labute approximate surface area is 123 Å². The topological polar surface area (TPSA) is 61.4 Å². The number of aryl methyl sites for hydroxylation is 1. The van der Waals surface area contributed by atoms with Gasteiger partial charge in [-0.05, 0) is 29.0 Å². The van der Waals surface area contributed by atoms with E-state index in [1.54, 1.807) is 24.3 Å². The molecule has 0 unspecified atom stereocenters. The van der Waals surface area contributed by atoms with E-state index in [1.165, 1.54) is 4.68 Å². The summed E-state index contributed by atoms with van der Waals surface area (Å²) < 4.78 is 42.3. The van der Waals surface area contributed by atoms with Crippen molar-refractivity contribution in [3.05, 3.63) is 35.9 Å². The van der Waals surface area contributed by atoms with Crippen molar-refractivity contribution < 1.29 is 13.2 Å². The maximum Gasteiger partial charge on any atom is 0.449 e. The van der Waals surface area contributed by atoms with Gasteiger partial charge >= 0.3 is 6.18 Å². The second-order valence-electron chi connectivity index (χ2n) is 4.83. The summed E-state index contributed by atoms with van der Waals surface area (Å²) in [5.41, 5.74) is 0.699. The van der Waals surface area contributed by atoms with Gasteiger partial charge in [-0.15, -0.1) is 5.10 Å².